The van der Waals surface area contributed by atoms with Crippen LogP contribution in [0.2, 0.25) is 0 Å². The molecule has 0 saturated carbocycles. The zero-order valence-electron chi connectivity index (χ0n) is 14.7. The number of benzene rings is 2. The Kier molecular flexibility index (Phi) is 6.46. The van der Waals surface area contributed by atoms with Gasteiger partial charge in [0.1, 0.15) is 0 Å². The van der Waals surface area contributed by atoms with Crippen LogP contribution in [0.25, 0.3) is 0 Å². The zero-order valence-corrected chi connectivity index (χ0v) is 14.7. The van der Waals surface area contributed by atoms with Gasteiger partial charge in [0.15, 0.2) is 0 Å². The van der Waals surface area contributed by atoms with Crippen molar-refractivity contribution in [2.75, 3.05) is 31.6 Å². The smallest absolute Gasteiger partial charge is 0.238 e. The summed E-state index contributed by atoms with van der Waals surface area (Å²) >= 11 is 0. The van der Waals surface area contributed by atoms with Crippen molar-refractivity contribution in [2.24, 2.45) is 16.1 Å². The quantitative estimate of drug-likeness (QED) is 0.777. The molecule has 26 heavy (non-hydrogen) atoms. The molecule has 2 aromatic carbocycles. The van der Waals surface area contributed by atoms with Crippen LogP contribution in [0.15, 0.2) is 64.8 Å². The average molecular weight is 352 g/mol. The molecule has 0 bridgehead atoms. The molecule has 136 valence electrons. The van der Waals surface area contributed by atoms with Gasteiger partial charge in [0.2, 0.25) is 5.91 Å². The summed E-state index contributed by atoms with van der Waals surface area (Å²) in [4.78, 5) is 14.3. The number of piperidine rings is 1. The predicted octanol–water partition coefficient (Wildman–Crippen LogP) is 3.74. The first-order chi connectivity index (χ1) is 12.7. The Bertz CT molecular complexity index is 723. The number of azo groups is 1. The van der Waals surface area contributed by atoms with E-state index in [9.17, 15) is 4.79 Å². The Morgan fingerprint density at radius 2 is 1.62 bits per heavy atom. The number of likely N-dealkylation sites (tertiary alicyclic amines) is 1. The van der Waals surface area contributed by atoms with Crippen molar-refractivity contribution in [3.8, 4) is 0 Å². The molecule has 2 aromatic rings. The average Bonchev–Trinajstić information content (AvgIpc) is 2.69. The largest absolute Gasteiger partial charge is 0.396 e. The third-order valence-electron chi connectivity index (χ3n) is 4.52. The van der Waals surface area contributed by atoms with E-state index in [0.29, 0.717) is 12.5 Å². The highest BCUT2D eigenvalue weighted by atomic mass is 16.3. The van der Waals surface area contributed by atoms with E-state index in [0.717, 1.165) is 43.0 Å². The van der Waals surface area contributed by atoms with Gasteiger partial charge in [-0.25, -0.2) is 0 Å². The Morgan fingerprint density at radius 1 is 1.00 bits per heavy atom. The molecule has 0 unspecified atom stereocenters. The van der Waals surface area contributed by atoms with Crippen LogP contribution in [-0.2, 0) is 4.79 Å². The maximum atomic E-state index is 12.2. The lowest BCUT2D eigenvalue weighted by Crippen LogP contribution is -2.39. The molecule has 6 nitrogen and oxygen atoms in total. The standard InChI is InChI=1S/C20H24N4O2/c25-15-16-10-12-24(13-11-16)14-20(26)21-17-6-8-19(9-7-17)23-22-18-4-2-1-3-5-18/h1-9,16,25H,10-15H2,(H,21,26). The summed E-state index contributed by atoms with van der Waals surface area (Å²) in [6.07, 6.45) is 1.90. The number of hydrogen-bond donors (Lipinski definition) is 2. The Morgan fingerprint density at radius 3 is 2.23 bits per heavy atom. The first-order valence-corrected chi connectivity index (χ1v) is 8.93. The lowest BCUT2D eigenvalue weighted by Gasteiger charge is -2.30. The van der Waals surface area contributed by atoms with Crippen molar-refractivity contribution in [3.05, 3.63) is 54.6 Å². The minimum Gasteiger partial charge on any atom is -0.396 e. The van der Waals surface area contributed by atoms with Crippen LogP contribution in [0.3, 0.4) is 0 Å². The SMILES string of the molecule is O=C(CN1CCC(CO)CC1)Nc1ccc(N=Nc2ccccc2)cc1. The fourth-order valence-electron chi connectivity index (χ4n) is 2.95. The molecule has 1 aliphatic rings. The van der Waals surface area contributed by atoms with Crippen LogP contribution >= 0.6 is 0 Å². The van der Waals surface area contributed by atoms with Gasteiger partial charge in [0.05, 0.1) is 17.9 Å². The van der Waals surface area contributed by atoms with Crippen LogP contribution in [0.1, 0.15) is 12.8 Å². The minimum atomic E-state index is -0.0221. The summed E-state index contributed by atoms with van der Waals surface area (Å²) in [7, 11) is 0. The van der Waals surface area contributed by atoms with Crippen LogP contribution in [0.5, 0.6) is 0 Å². The molecule has 2 N–H and O–H groups in total. The number of amides is 1. The van der Waals surface area contributed by atoms with Gasteiger partial charge in [-0.1, -0.05) is 18.2 Å². The molecule has 0 aromatic heterocycles. The minimum absolute atomic E-state index is 0.0221. The Hall–Kier alpha value is -2.57. The van der Waals surface area contributed by atoms with E-state index < -0.39 is 0 Å². The number of anilines is 1. The number of nitrogens with one attached hydrogen (secondary N) is 1. The second-order valence-electron chi connectivity index (χ2n) is 6.53. The highest BCUT2D eigenvalue weighted by molar-refractivity contribution is 5.92. The van der Waals surface area contributed by atoms with Gasteiger partial charge in [-0.3, -0.25) is 9.69 Å². The molecule has 1 fully saturated rings. The van der Waals surface area contributed by atoms with Crippen molar-refractivity contribution < 1.29 is 9.90 Å². The second kappa shape index (κ2) is 9.22. The summed E-state index contributed by atoms with van der Waals surface area (Å²) in [5.41, 5.74) is 2.28. The summed E-state index contributed by atoms with van der Waals surface area (Å²) in [6.45, 7) is 2.34. The highest BCUT2D eigenvalue weighted by Crippen LogP contribution is 2.20. The number of carbonyl (C=O) groups is 1. The molecule has 1 saturated heterocycles. The number of aliphatic hydroxyl groups excluding tert-OH is 1. The molecule has 1 amide bonds. The Labute approximate surface area is 153 Å². The number of carbonyl (C=O) groups excluding carboxylic acids is 1. The fourth-order valence-corrected chi connectivity index (χ4v) is 2.95. The number of rotatable bonds is 6. The van der Waals surface area contributed by atoms with Gasteiger partial charge in [-0.05, 0) is 68.2 Å². The van der Waals surface area contributed by atoms with Crippen molar-refractivity contribution >= 4 is 23.0 Å². The lowest BCUT2D eigenvalue weighted by molar-refractivity contribution is -0.117. The molecule has 6 heteroatoms. The molecule has 1 aliphatic heterocycles. The van der Waals surface area contributed by atoms with E-state index in [1.807, 2.05) is 54.6 Å². The van der Waals surface area contributed by atoms with Gasteiger partial charge in [-0.15, -0.1) is 0 Å². The van der Waals surface area contributed by atoms with Crippen molar-refractivity contribution in [1.29, 1.82) is 0 Å². The van der Waals surface area contributed by atoms with E-state index in [2.05, 4.69) is 20.4 Å². The zero-order chi connectivity index (χ0) is 18.2. The summed E-state index contributed by atoms with van der Waals surface area (Å²) in [5, 5.41) is 20.4. The molecule has 0 atom stereocenters. The van der Waals surface area contributed by atoms with Crippen LogP contribution in [-0.4, -0.2) is 42.2 Å². The van der Waals surface area contributed by atoms with E-state index in [4.69, 9.17) is 5.11 Å². The van der Waals surface area contributed by atoms with Gasteiger partial charge >= 0.3 is 0 Å². The molecule has 0 aliphatic carbocycles. The maximum absolute atomic E-state index is 12.2. The highest BCUT2D eigenvalue weighted by Gasteiger charge is 2.20. The lowest BCUT2D eigenvalue weighted by atomic mass is 9.98. The van der Waals surface area contributed by atoms with Gasteiger partial charge in [-0.2, -0.15) is 10.2 Å². The molecule has 1 heterocycles. The first kappa shape index (κ1) is 18.2. The van der Waals surface area contributed by atoms with Crippen LogP contribution in [0.4, 0.5) is 17.1 Å². The molecular weight excluding hydrogens is 328 g/mol. The van der Waals surface area contributed by atoms with E-state index in [1.165, 1.54) is 0 Å². The first-order valence-electron chi connectivity index (χ1n) is 8.93. The molecule has 0 radical (unpaired) electrons. The molecule has 3 rings (SSSR count). The van der Waals surface area contributed by atoms with Crippen molar-refractivity contribution in [1.82, 2.24) is 4.90 Å². The van der Waals surface area contributed by atoms with Crippen LogP contribution < -0.4 is 5.32 Å². The monoisotopic (exact) mass is 352 g/mol. The van der Waals surface area contributed by atoms with E-state index >= 15 is 0 Å². The summed E-state index contributed by atoms with van der Waals surface area (Å²) < 4.78 is 0. The maximum Gasteiger partial charge on any atom is 0.238 e. The predicted molar refractivity (Wildman–Crippen MR) is 102 cm³/mol. The fraction of sp³-hybridized carbons (Fsp3) is 0.350. The number of aliphatic hydroxyl groups is 1. The van der Waals surface area contributed by atoms with Gasteiger partial charge in [0, 0.05) is 12.3 Å². The van der Waals surface area contributed by atoms with Crippen molar-refractivity contribution in [3.63, 3.8) is 0 Å². The molecule has 0 spiro atoms. The van der Waals surface area contributed by atoms with Crippen molar-refractivity contribution in [2.45, 2.75) is 12.8 Å². The topological polar surface area (TPSA) is 77.3 Å². The Balaban J connectivity index is 1.48. The third-order valence-corrected chi connectivity index (χ3v) is 4.52. The van der Waals surface area contributed by atoms with Gasteiger partial charge in [0.25, 0.3) is 0 Å². The summed E-state index contributed by atoms with van der Waals surface area (Å²) in [5.74, 6) is 0.359. The number of hydrogen-bond acceptors (Lipinski definition) is 5. The third kappa shape index (κ3) is 5.47. The second-order valence-corrected chi connectivity index (χ2v) is 6.53. The van der Waals surface area contributed by atoms with Gasteiger partial charge < -0.3 is 10.4 Å². The van der Waals surface area contributed by atoms with E-state index in [1.54, 1.807) is 0 Å². The van der Waals surface area contributed by atoms with E-state index in [-0.39, 0.29) is 12.5 Å². The normalized spacial score (nSPS) is 16.0. The van der Waals surface area contributed by atoms with Crippen LogP contribution in [0, 0.1) is 5.92 Å². The molecular formula is C20H24N4O2. The number of nitrogens with zero attached hydrogens (tertiary/aromatic N) is 3. The summed E-state index contributed by atoms with van der Waals surface area (Å²) in [6, 6.07) is 16.9.